The predicted octanol–water partition coefficient (Wildman–Crippen LogP) is 0.631. The molecule has 2 aliphatic heterocycles. The van der Waals surface area contributed by atoms with Crippen LogP contribution in [-0.4, -0.2) is 60.5 Å². The van der Waals surface area contributed by atoms with Crippen molar-refractivity contribution < 1.29 is 24.2 Å². The molecule has 0 bridgehead atoms. The Labute approximate surface area is 133 Å². The Kier molecular flexibility index (Phi) is 4.35. The van der Waals surface area contributed by atoms with Gasteiger partial charge in [0.05, 0.1) is 31.0 Å². The van der Waals surface area contributed by atoms with E-state index in [1.54, 1.807) is 23.1 Å². The Morgan fingerprint density at radius 2 is 2.30 bits per heavy atom. The van der Waals surface area contributed by atoms with Gasteiger partial charge in [0.1, 0.15) is 5.75 Å². The molecule has 1 saturated heterocycles. The number of nitrogens with zero attached hydrogens (tertiary/aromatic N) is 1. The molecule has 0 aromatic heterocycles. The van der Waals surface area contributed by atoms with Crippen LogP contribution in [0.2, 0.25) is 0 Å². The Morgan fingerprint density at radius 1 is 1.48 bits per heavy atom. The zero-order valence-corrected chi connectivity index (χ0v) is 12.7. The third kappa shape index (κ3) is 3.22. The highest BCUT2D eigenvalue weighted by Gasteiger charge is 2.33. The lowest BCUT2D eigenvalue weighted by Gasteiger charge is -2.29. The van der Waals surface area contributed by atoms with Crippen LogP contribution in [0, 0.1) is 0 Å². The molecule has 3 amide bonds. The molecule has 8 heteroatoms. The summed E-state index contributed by atoms with van der Waals surface area (Å²) in [5.41, 5.74) is 1.13. The first-order valence-electron chi connectivity index (χ1n) is 7.48. The lowest BCUT2D eigenvalue weighted by atomic mass is 10.2. The molecule has 0 saturated carbocycles. The number of hydrogen-bond donors (Lipinski definition) is 3. The molecule has 2 heterocycles. The number of urea groups is 1. The van der Waals surface area contributed by atoms with Crippen LogP contribution >= 0.6 is 0 Å². The molecule has 2 aliphatic rings. The highest BCUT2D eigenvalue weighted by atomic mass is 16.5. The first kappa shape index (κ1) is 15.6. The maximum absolute atomic E-state index is 12.4. The van der Waals surface area contributed by atoms with Gasteiger partial charge in [0.25, 0.3) is 5.91 Å². The summed E-state index contributed by atoms with van der Waals surface area (Å²) in [6, 6.07) is 4.34. The van der Waals surface area contributed by atoms with Gasteiger partial charge in [-0.1, -0.05) is 0 Å². The number of likely N-dealkylation sites (N-methyl/N-ethyl adjacent to an activating group) is 1. The molecule has 2 atom stereocenters. The molecular weight excluding hydrogens is 302 g/mol. The molecule has 1 fully saturated rings. The average Bonchev–Trinajstić information content (AvgIpc) is 2.94. The molecule has 8 nitrogen and oxygen atoms in total. The molecule has 0 radical (unpaired) electrons. The molecule has 23 heavy (non-hydrogen) atoms. The van der Waals surface area contributed by atoms with Crippen molar-refractivity contribution in [3.05, 3.63) is 18.2 Å². The first-order valence-corrected chi connectivity index (χ1v) is 7.48. The summed E-state index contributed by atoms with van der Waals surface area (Å²) in [4.78, 5) is 25.2. The largest absolute Gasteiger partial charge is 0.482 e. The van der Waals surface area contributed by atoms with E-state index in [1.165, 1.54) is 0 Å². The van der Waals surface area contributed by atoms with Crippen LogP contribution in [0.4, 0.5) is 16.2 Å². The number of rotatable bonds is 3. The third-order valence-corrected chi connectivity index (χ3v) is 3.89. The average molecular weight is 321 g/mol. The Morgan fingerprint density at radius 3 is 3.00 bits per heavy atom. The van der Waals surface area contributed by atoms with Crippen LogP contribution in [0.5, 0.6) is 5.75 Å². The Hall–Kier alpha value is -2.32. The van der Waals surface area contributed by atoms with E-state index in [9.17, 15) is 14.7 Å². The SMILES string of the molecule is CCN(C(=O)Nc1ccc2c(c1)OCC(=O)N2)[C@H]1COC[C@@H]1O. The number of ether oxygens (including phenoxy) is 2. The van der Waals surface area contributed by atoms with Gasteiger partial charge in [-0.25, -0.2) is 4.79 Å². The van der Waals surface area contributed by atoms with Crippen LogP contribution in [0.15, 0.2) is 18.2 Å². The van der Waals surface area contributed by atoms with E-state index in [4.69, 9.17) is 9.47 Å². The van der Waals surface area contributed by atoms with Crippen molar-refractivity contribution in [1.29, 1.82) is 0 Å². The number of carbonyl (C=O) groups excluding carboxylic acids is 2. The van der Waals surface area contributed by atoms with Gasteiger partial charge in [0.2, 0.25) is 0 Å². The number of hydrogen-bond acceptors (Lipinski definition) is 5. The summed E-state index contributed by atoms with van der Waals surface area (Å²) in [5.74, 6) is 0.302. The van der Waals surface area contributed by atoms with E-state index < -0.39 is 6.10 Å². The number of benzene rings is 1. The molecule has 124 valence electrons. The molecule has 3 rings (SSSR count). The van der Waals surface area contributed by atoms with Crippen molar-refractivity contribution in [3.8, 4) is 5.75 Å². The van der Waals surface area contributed by atoms with Gasteiger partial charge in [-0.15, -0.1) is 0 Å². The first-order chi connectivity index (χ1) is 11.1. The minimum atomic E-state index is -0.678. The molecule has 1 aromatic rings. The summed E-state index contributed by atoms with van der Waals surface area (Å²) in [6.07, 6.45) is -0.678. The number of anilines is 2. The number of carbonyl (C=O) groups is 2. The van der Waals surface area contributed by atoms with E-state index in [0.717, 1.165) is 0 Å². The number of amides is 3. The van der Waals surface area contributed by atoms with Gasteiger partial charge in [-0.2, -0.15) is 0 Å². The number of nitrogens with one attached hydrogen (secondary N) is 2. The Balaban J connectivity index is 1.70. The lowest BCUT2D eigenvalue weighted by molar-refractivity contribution is -0.118. The van der Waals surface area contributed by atoms with Crippen LogP contribution in [0.3, 0.4) is 0 Å². The van der Waals surface area contributed by atoms with E-state index in [1.807, 2.05) is 6.92 Å². The van der Waals surface area contributed by atoms with Gasteiger partial charge in [-0.05, 0) is 19.1 Å². The van der Waals surface area contributed by atoms with Crippen molar-refractivity contribution in [1.82, 2.24) is 4.90 Å². The van der Waals surface area contributed by atoms with Gasteiger partial charge in [-0.3, -0.25) is 4.79 Å². The second-order valence-electron chi connectivity index (χ2n) is 5.44. The monoisotopic (exact) mass is 321 g/mol. The van der Waals surface area contributed by atoms with E-state index >= 15 is 0 Å². The zero-order chi connectivity index (χ0) is 16.4. The minimum absolute atomic E-state index is 0.0446. The fourth-order valence-corrected chi connectivity index (χ4v) is 2.71. The molecule has 1 aromatic carbocycles. The van der Waals surface area contributed by atoms with Crippen molar-refractivity contribution in [3.63, 3.8) is 0 Å². The number of aliphatic hydroxyl groups excluding tert-OH is 1. The van der Waals surface area contributed by atoms with Crippen LogP contribution in [0.1, 0.15) is 6.92 Å². The topological polar surface area (TPSA) is 100 Å². The van der Waals surface area contributed by atoms with E-state index in [2.05, 4.69) is 10.6 Å². The van der Waals surface area contributed by atoms with Gasteiger partial charge in [0.15, 0.2) is 6.61 Å². The maximum Gasteiger partial charge on any atom is 0.322 e. The van der Waals surface area contributed by atoms with E-state index in [-0.39, 0.29) is 31.2 Å². The van der Waals surface area contributed by atoms with Crippen molar-refractivity contribution >= 4 is 23.3 Å². The summed E-state index contributed by atoms with van der Waals surface area (Å²) in [6.45, 7) is 2.81. The molecule has 0 aliphatic carbocycles. The third-order valence-electron chi connectivity index (χ3n) is 3.89. The van der Waals surface area contributed by atoms with Crippen LogP contribution in [-0.2, 0) is 9.53 Å². The molecular formula is C15H19N3O5. The predicted molar refractivity (Wildman–Crippen MR) is 82.6 cm³/mol. The number of aliphatic hydroxyl groups is 1. The lowest BCUT2D eigenvalue weighted by Crippen LogP contribution is -2.48. The summed E-state index contributed by atoms with van der Waals surface area (Å²) >= 11 is 0. The van der Waals surface area contributed by atoms with Gasteiger partial charge >= 0.3 is 6.03 Å². The van der Waals surface area contributed by atoms with Gasteiger partial charge < -0.3 is 30.1 Å². The van der Waals surface area contributed by atoms with Crippen molar-refractivity contribution in [2.45, 2.75) is 19.1 Å². The number of fused-ring (bicyclic) bond motifs is 1. The summed E-state index contributed by atoms with van der Waals surface area (Å²) < 4.78 is 10.5. The second kappa shape index (κ2) is 6.43. The van der Waals surface area contributed by atoms with E-state index in [0.29, 0.717) is 30.3 Å². The maximum atomic E-state index is 12.4. The standard InChI is InChI=1S/C15H19N3O5/c1-2-18(11-6-22-7-12(11)19)15(21)16-9-3-4-10-13(5-9)23-8-14(20)17-10/h3-5,11-12,19H,2,6-8H2,1H3,(H,16,21)(H,17,20)/t11-,12-/m0/s1. The van der Waals surface area contributed by atoms with Crippen molar-refractivity contribution in [2.24, 2.45) is 0 Å². The molecule has 0 spiro atoms. The molecule has 0 unspecified atom stereocenters. The normalized spacial score (nSPS) is 22.8. The minimum Gasteiger partial charge on any atom is -0.482 e. The fourth-order valence-electron chi connectivity index (χ4n) is 2.71. The quantitative estimate of drug-likeness (QED) is 0.758. The smallest absolute Gasteiger partial charge is 0.322 e. The molecule has 3 N–H and O–H groups in total. The van der Waals surface area contributed by atoms with Gasteiger partial charge in [0, 0.05) is 18.3 Å². The highest BCUT2D eigenvalue weighted by Crippen LogP contribution is 2.30. The fraction of sp³-hybridized carbons (Fsp3) is 0.467. The zero-order valence-electron chi connectivity index (χ0n) is 12.7. The van der Waals surface area contributed by atoms with Crippen LogP contribution < -0.4 is 15.4 Å². The second-order valence-corrected chi connectivity index (χ2v) is 5.44. The van der Waals surface area contributed by atoms with Crippen molar-refractivity contribution in [2.75, 3.05) is 37.0 Å². The summed E-state index contributed by atoms with van der Waals surface area (Å²) in [7, 11) is 0. The summed E-state index contributed by atoms with van der Waals surface area (Å²) in [5, 5.41) is 15.3. The van der Waals surface area contributed by atoms with Crippen LogP contribution in [0.25, 0.3) is 0 Å². The Bertz CT molecular complexity index is 621. The highest BCUT2D eigenvalue weighted by molar-refractivity contribution is 5.96.